The van der Waals surface area contributed by atoms with Gasteiger partial charge in [0.1, 0.15) is 5.82 Å². The van der Waals surface area contributed by atoms with Crippen molar-refractivity contribution < 1.29 is 0 Å². The zero-order chi connectivity index (χ0) is 13.8. The quantitative estimate of drug-likeness (QED) is 0.786. The Labute approximate surface area is 118 Å². The van der Waals surface area contributed by atoms with Crippen molar-refractivity contribution in [2.24, 2.45) is 5.73 Å². The highest BCUT2D eigenvalue weighted by atomic mass is 15.1. The van der Waals surface area contributed by atoms with Gasteiger partial charge in [-0.3, -0.25) is 0 Å². The smallest absolute Gasteiger partial charge is 0.130 e. The van der Waals surface area contributed by atoms with Crippen LogP contribution >= 0.6 is 0 Å². The van der Waals surface area contributed by atoms with Crippen LogP contribution in [0.5, 0.6) is 0 Å². The molecule has 2 aromatic carbocycles. The minimum Gasteiger partial charge on any atom is -0.329 e. The van der Waals surface area contributed by atoms with Crippen LogP contribution < -0.4 is 5.73 Å². The molecule has 0 saturated carbocycles. The standard InChI is InChI=1S/C17H17N3/c18-16(15-9-5-2-6-10-15)17-19-11-12-20(17)13-14-7-3-1-4-8-14/h1-12,16H,13,18H2/t16-/m1/s1. The fraction of sp³-hybridized carbons (Fsp3) is 0.118. The van der Waals surface area contributed by atoms with Gasteiger partial charge in [0.05, 0.1) is 6.04 Å². The number of aromatic nitrogens is 2. The molecule has 0 fully saturated rings. The second-order valence-corrected chi connectivity index (χ2v) is 4.79. The number of imidazole rings is 1. The van der Waals surface area contributed by atoms with E-state index in [1.54, 1.807) is 6.20 Å². The van der Waals surface area contributed by atoms with E-state index in [9.17, 15) is 0 Å². The number of nitrogens with zero attached hydrogens (tertiary/aromatic N) is 2. The van der Waals surface area contributed by atoms with Crippen LogP contribution in [0.3, 0.4) is 0 Å². The van der Waals surface area contributed by atoms with E-state index in [4.69, 9.17) is 5.73 Å². The molecule has 3 rings (SSSR count). The lowest BCUT2D eigenvalue weighted by Gasteiger charge is -2.14. The first kappa shape index (κ1) is 12.6. The van der Waals surface area contributed by atoms with Gasteiger partial charge < -0.3 is 10.3 Å². The Hall–Kier alpha value is -2.39. The van der Waals surface area contributed by atoms with Crippen molar-refractivity contribution in [3.63, 3.8) is 0 Å². The van der Waals surface area contributed by atoms with Crippen molar-refractivity contribution in [2.75, 3.05) is 0 Å². The molecule has 20 heavy (non-hydrogen) atoms. The molecule has 0 unspecified atom stereocenters. The number of rotatable bonds is 4. The predicted octanol–water partition coefficient (Wildman–Crippen LogP) is 2.98. The largest absolute Gasteiger partial charge is 0.329 e. The van der Waals surface area contributed by atoms with Gasteiger partial charge in [0, 0.05) is 18.9 Å². The predicted molar refractivity (Wildman–Crippen MR) is 80.2 cm³/mol. The van der Waals surface area contributed by atoms with Crippen LogP contribution in [0, 0.1) is 0 Å². The molecule has 1 aromatic heterocycles. The van der Waals surface area contributed by atoms with E-state index < -0.39 is 0 Å². The van der Waals surface area contributed by atoms with Gasteiger partial charge >= 0.3 is 0 Å². The second-order valence-electron chi connectivity index (χ2n) is 4.79. The molecule has 3 nitrogen and oxygen atoms in total. The average Bonchev–Trinajstić information content (AvgIpc) is 2.96. The third-order valence-corrected chi connectivity index (χ3v) is 3.38. The fourth-order valence-corrected chi connectivity index (χ4v) is 2.32. The topological polar surface area (TPSA) is 43.8 Å². The minimum atomic E-state index is -0.199. The van der Waals surface area contributed by atoms with E-state index in [-0.39, 0.29) is 6.04 Å². The summed E-state index contributed by atoms with van der Waals surface area (Å²) >= 11 is 0. The van der Waals surface area contributed by atoms with Crippen molar-refractivity contribution in [2.45, 2.75) is 12.6 Å². The maximum Gasteiger partial charge on any atom is 0.130 e. The number of hydrogen-bond acceptors (Lipinski definition) is 2. The Kier molecular flexibility index (Phi) is 3.61. The van der Waals surface area contributed by atoms with Crippen LogP contribution in [0.1, 0.15) is 23.0 Å². The Morgan fingerprint density at radius 2 is 1.60 bits per heavy atom. The molecule has 3 heteroatoms. The molecular formula is C17H17N3. The van der Waals surface area contributed by atoms with Crippen LogP contribution in [0.4, 0.5) is 0 Å². The molecule has 1 atom stereocenters. The average molecular weight is 263 g/mol. The normalized spacial score (nSPS) is 12.2. The van der Waals surface area contributed by atoms with Gasteiger partial charge in [-0.15, -0.1) is 0 Å². The van der Waals surface area contributed by atoms with E-state index in [2.05, 4.69) is 21.7 Å². The summed E-state index contributed by atoms with van der Waals surface area (Å²) in [5.41, 5.74) is 8.65. The molecule has 0 bridgehead atoms. The third kappa shape index (κ3) is 2.63. The molecule has 0 spiro atoms. The van der Waals surface area contributed by atoms with Crippen molar-refractivity contribution in [1.29, 1.82) is 0 Å². The lowest BCUT2D eigenvalue weighted by molar-refractivity contribution is 0.674. The summed E-state index contributed by atoms with van der Waals surface area (Å²) in [6.07, 6.45) is 3.78. The van der Waals surface area contributed by atoms with Crippen LogP contribution in [-0.2, 0) is 6.54 Å². The van der Waals surface area contributed by atoms with Crippen LogP contribution in [0.25, 0.3) is 0 Å². The molecule has 0 aliphatic carbocycles. The second kappa shape index (κ2) is 5.72. The first-order chi connectivity index (χ1) is 9.84. The molecule has 0 aliphatic heterocycles. The van der Waals surface area contributed by atoms with E-state index >= 15 is 0 Å². The molecule has 2 N–H and O–H groups in total. The summed E-state index contributed by atoms with van der Waals surface area (Å²) in [6.45, 7) is 0.788. The maximum absolute atomic E-state index is 6.33. The van der Waals surface area contributed by atoms with E-state index in [0.717, 1.165) is 17.9 Å². The van der Waals surface area contributed by atoms with Crippen molar-refractivity contribution in [3.8, 4) is 0 Å². The van der Waals surface area contributed by atoms with Gasteiger partial charge in [-0.05, 0) is 11.1 Å². The molecule has 3 aromatic rings. The third-order valence-electron chi connectivity index (χ3n) is 3.38. The summed E-state index contributed by atoms with van der Waals surface area (Å²) in [4.78, 5) is 4.43. The van der Waals surface area contributed by atoms with E-state index in [0.29, 0.717) is 0 Å². The van der Waals surface area contributed by atoms with Crippen LogP contribution in [0.15, 0.2) is 73.1 Å². The Morgan fingerprint density at radius 3 is 2.30 bits per heavy atom. The highest BCUT2D eigenvalue weighted by Crippen LogP contribution is 2.18. The van der Waals surface area contributed by atoms with Gasteiger partial charge in [-0.1, -0.05) is 60.7 Å². The van der Waals surface area contributed by atoms with Crippen molar-refractivity contribution >= 4 is 0 Å². The van der Waals surface area contributed by atoms with Crippen molar-refractivity contribution in [3.05, 3.63) is 90.0 Å². The summed E-state index contributed by atoms with van der Waals surface area (Å²) in [7, 11) is 0. The molecule has 0 aliphatic rings. The van der Waals surface area contributed by atoms with Gasteiger partial charge in [0.15, 0.2) is 0 Å². The number of hydrogen-bond donors (Lipinski definition) is 1. The Balaban J connectivity index is 1.87. The van der Waals surface area contributed by atoms with Gasteiger partial charge in [-0.25, -0.2) is 4.98 Å². The van der Waals surface area contributed by atoms with Crippen LogP contribution in [-0.4, -0.2) is 9.55 Å². The summed E-state index contributed by atoms with van der Waals surface area (Å²) < 4.78 is 2.10. The first-order valence-electron chi connectivity index (χ1n) is 6.70. The van der Waals surface area contributed by atoms with Gasteiger partial charge in [-0.2, -0.15) is 0 Å². The first-order valence-corrected chi connectivity index (χ1v) is 6.70. The highest BCUT2D eigenvalue weighted by molar-refractivity contribution is 5.25. The molecule has 0 saturated heterocycles. The van der Waals surface area contributed by atoms with E-state index in [1.807, 2.05) is 54.7 Å². The van der Waals surface area contributed by atoms with E-state index in [1.165, 1.54) is 5.56 Å². The molecular weight excluding hydrogens is 246 g/mol. The Morgan fingerprint density at radius 1 is 0.950 bits per heavy atom. The SMILES string of the molecule is N[C@H](c1ccccc1)c1nccn1Cc1ccccc1. The monoisotopic (exact) mass is 263 g/mol. The molecule has 0 amide bonds. The van der Waals surface area contributed by atoms with Crippen LogP contribution in [0.2, 0.25) is 0 Å². The zero-order valence-electron chi connectivity index (χ0n) is 11.2. The summed E-state index contributed by atoms with van der Waals surface area (Å²) in [6, 6.07) is 20.2. The fourth-order valence-electron chi connectivity index (χ4n) is 2.32. The zero-order valence-corrected chi connectivity index (χ0v) is 11.2. The number of benzene rings is 2. The molecule has 100 valence electrons. The minimum absolute atomic E-state index is 0.199. The van der Waals surface area contributed by atoms with Gasteiger partial charge in [0.25, 0.3) is 0 Å². The lowest BCUT2D eigenvalue weighted by atomic mass is 10.1. The van der Waals surface area contributed by atoms with Crippen molar-refractivity contribution in [1.82, 2.24) is 9.55 Å². The van der Waals surface area contributed by atoms with Gasteiger partial charge in [0.2, 0.25) is 0 Å². The summed E-state index contributed by atoms with van der Waals surface area (Å²) in [5, 5.41) is 0. The molecule has 1 heterocycles. The molecule has 0 radical (unpaired) electrons. The Bertz CT molecular complexity index is 659. The summed E-state index contributed by atoms with van der Waals surface area (Å²) in [5.74, 6) is 0.889. The maximum atomic E-state index is 6.33. The highest BCUT2D eigenvalue weighted by Gasteiger charge is 2.14. The number of nitrogens with two attached hydrogens (primary N) is 1. The lowest BCUT2D eigenvalue weighted by Crippen LogP contribution is -2.18.